The molecule has 2 aromatic heterocycles. The van der Waals surface area contributed by atoms with Crippen molar-refractivity contribution in [2.45, 2.75) is 44.6 Å². The number of fused-ring (bicyclic) bond motifs is 11. The van der Waals surface area contributed by atoms with Gasteiger partial charge >= 0.3 is 13.6 Å². The summed E-state index contributed by atoms with van der Waals surface area (Å²) in [5.41, 5.74) is 10.7. The van der Waals surface area contributed by atoms with Gasteiger partial charge in [-0.15, -0.1) is 0 Å². The van der Waals surface area contributed by atoms with E-state index in [9.17, 15) is 5.11 Å². The minimum absolute atomic E-state index is 0.00298. The standard InChI is InChI=1S/C38H34B2N4O6/c1-24-11-15-26(16-12-24)33-28-7-3-19-41(28)39(42-20-4-8-29(33)42)47-35-32(45)23-46-38-37(36(35)48-39)49-40(50-38)43-21-5-9-30(43)34(31-10-6-22-44(31)40)27-17-13-25(2)14-18-27/h3-22,32,35-38,45H,23H2,1-2H3/t32-,35-,36+,37-,38-/m1/s1. The molecule has 12 heteroatoms. The van der Waals surface area contributed by atoms with Crippen LogP contribution in [0.3, 0.4) is 0 Å². The predicted octanol–water partition coefficient (Wildman–Crippen LogP) is 3.94. The first kappa shape index (κ1) is 29.0. The number of benzene rings is 2. The maximum absolute atomic E-state index is 11.5. The summed E-state index contributed by atoms with van der Waals surface area (Å²) in [5, 5.41) is 11.5. The minimum Gasteiger partial charge on any atom is -0.477 e. The average molecular weight is 664 g/mol. The molecule has 3 fully saturated rings. The number of ether oxygens (including phenoxy) is 1. The van der Waals surface area contributed by atoms with Crippen molar-refractivity contribution in [1.29, 1.82) is 0 Å². The largest absolute Gasteiger partial charge is 0.667 e. The smallest absolute Gasteiger partial charge is 0.477 e. The summed E-state index contributed by atoms with van der Waals surface area (Å²) in [6.07, 6.45) is 12.2. The average Bonchev–Trinajstić information content (AvgIpc) is 3.97. The van der Waals surface area contributed by atoms with Crippen LogP contribution < -0.4 is 0 Å². The number of hydrogen-bond acceptors (Lipinski definition) is 6. The highest BCUT2D eigenvalue weighted by Crippen LogP contribution is 2.48. The summed E-state index contributed by atoms with van der Waals surface area (Å²) in [7, 11) is 0. The Morgan fingerprint density at radius 3 is 1.70 bits per heavy atom. The molecular weight excluding hydrogens is 630 g/mol. The van der Waals surface area contributed by atoms with Crippen molar-refractivity contribution < 1.29 is 37.4 Å². The van der Waals surface area contributed by atoms with E-state index in [-0.39, 0.29) is 6.61 Å². The highest BCUT2D eigenvalue weighted by molar-refractivity contribution is 6.61. The van der Waals surface area contributed by atoms with Crippen LogP contribution in [-0.4, -0.2) is 86.4 Å². The molecule has 50 heavy (non-hydrogen) atoms. The van der Waals surface area contributed by atoms with E-state index in [0.29, 0.717) is 0 Å². The van der Waals surface area contributed by atoms with Crippen LogP contribution in [0.1, 0.15) is 33.6 Å². The summed E-state index contributed by atoms with van der Waals surface area (Å²) in [4.78, 5) is 0. The van der Waals surface area contributed by atoms with Gasteiger partial charge in [0, 0.05) is 35.7 Å². The summed E-state index contributed by atoms with van der Waals surface area (Å²) in [6.45, 7) is -0.474. The Kier molecular flexibility index (Phi) is 5.87. The van der Waals surface area contributed by atoms with Gasteiger partial charge in [-0.05, 0) is 61.6 Å². The van der Waals surface area contributed by atoms with Crippen molar-refractivity contribution in [1.82, 2.24) is 8.96 Å². The zero-order chi connectivity index (χ0) is 33.4. The third kappa shape index (κ3) is 3.70. The third-order valence-corrected chi connectivity index (χ3v) is 11.3. The molecule has 7 atom stereocenters. The lowest BCUT2D eigenvalue weighted by Gasteiger charge is -2.39. The summed E-state index contributed by atoms with van der Waals surface area (Å²) >= 11 is 0. The van der Waals surface area contributed by atoms with Crippen LogP contribution in [0.2, 0.25) is 0 Å². The molecule has 0 amide bonds. The van der Waals surface area contributed by atoms with Gasteiger partial charge in [-0.2, -0.15) is 0 Å². The van der Waals surface area contributed by atoms with Crippen LogP contribution in [-0.2, 0) is 23.4 Å². The van der Waals surface area contributed by atoms with Crippen molar-refractivity contribution in [2.75, 3.05) is 6.61 Å². The van der Waals surface area contributed by atoms with E-state index in [2.05, 4.69) is 105 Å². The molecule has 10 nitrogen and oxygen atoms in total. The molecule has 0 saturated carbocycles. The van der Waals surface area contributed by atoms with Crippen LogP contribution in [0.25, 0.3) is 11.1 Å². The maximum Gasteiger partial charge on any atom is 0.667 e. The third-order valence-electron chi connectivity index (χ3n) is 11.3. The topological polar surface area (TPSA) is 82.3 Å². The molecule has 7 aliphatic rings. The Morgan fingerprint density at radius 2 is 1.14 bits per heavy atom. The van der Waals surface area contributed by atoms with Crippen LogP contribution in [0, 0.1) is 13.8 Å². The fourth-order valence-electron chi connectivity index (χ4n) is 9.03. The van der Waals surface area contributed by atoms with Crippen LogP contribution in [0.5, 0.6) is 0 Å². The highest BCUT2D eigenvalue weighted by Gasteiger charge is 2.69. The van der Waals surface area contributed by atoms with E-state index in [4.69, 9.17) is 23.4 Å². The second-order valence-electron chi connectivity index (χ2n) is 14.2. The SMILES string of the molecule is Cc1ccc(C2=C3C=CC=[N+]3[B@-]3(O[C@H]4OC[C@@H](O)[C@H]5O[B@-]6(O[C@@H]5[C@H]4O3)n3cccc3C(c3ccc(C)cc3)=C3C=CC=[N+]36)n3cccc32)cc1. The predicted molar refractivity (Wildman–Crippen MR) is 188 cm³/mol. The number of aryl methyl sites for hydroxylation is 2. The molecule has 0 aliphatic carbocycles. The molecule has 1 N–H and O–H groups in total. The number of allylic oxidation sites excluding steroid dienone is 4. The number of aliphatic hydroxyl groups excluding tert-OH is 1. The van der Waals surface area contributed by atoms with E-state index >= 15 is 0 Å². The molecule has 11 rings (SSSR count). The zero-order valence-corrected chi connectivity index (χ0v) is 27.6. The molecule has 3 saturated heterocycles. The Balaban J connectivity index is 1.01. The molecule has 2 spiro atoms. The fraction of sp³-hybridized carbons (Fsp3) is 0.211. The van der Waals surface area contributed by atoms with E-state index in [0.717, 1.165) is 45.1 Å². The molecule has 2 aromatic carbocycles. The van der Waals surface area contributed by atoms with Crippen molar-refractivity contribution >= 4 is 37.2 Å². The lowest BCUT2D eigenvalue weighted by atomic mass is 9.80. The first-order valence-electron chi connectivity index (χ1n) is 17.3. The number of nitrogens with zero attached hydrogens (tertiary/aromatic N) is 4. The van der Waals surface area contributed by atoms with E-state index < -0.39 is 44.3 Å². The van der Waals surface area contributed by atoms with Crippen molar-refractivity contribution in [3.63, 3.8) is 0 Å². The van der Waals surface area contributed by atoms with Gasteiger partial charge in [0.2, 0.25) is 0 Å². The lowest BCUT2D eigenvalue weighted by molar-refractivity contribution is -0.375. The summed E-state index contributed by atoms with van der Waals surface area (Å²) in [6, 6.07) is 25.4. The van der Waals surface area contributed by atoms with Gasteiger partial charge in [-0.25, -0.2) is 0 Å². The first-order valence-corrected chi connectivity index (χ1v) is 17.3. The molecule has 0 bridgehead atoms. The van der Waals surface area contributed by atoms with E-state index in [1.807, 2.05) is 49.1 Å². The normalized spacial score (nSPS) is 32.9. The number of aliphatic hydroxyl groups is 1. The number of aromatic nitrogens is 2. The molecule has 7 aliphatic heterocycles. The van der Waals surface area contributed by atoms with Gasteiger partial charge in [0.15, 0.2) is 11.4 Å². The lowest BCUT2D eigenvalue weighted by Crippen LogP contribution is -2.60. The minimum atomic E-state index is -2.34. The number of rotatable bonds is 2. The number of hydrogen-bond donors (Lipinski definition) is 1. The Morgan fingerprint density at radius 1 is 0.640 bits per heavy atom. The van der Waals surface area contributed by atoms with E-state index in [1.165, 1.54) is 11.1 Å². The molecule has 9 heterocycles. The summed E-state index contributed by atoms with van der Waals surface area (Å²) in [5.74, 6) is 0. The zero-order valence-electron chi connectivity index (χ0n) is 27.6. The molecule has 4 aromatic rings. The Labute approximate surface area is 288 Å². The van der Waals surface area contributed by atoms with Crippen molar-refractivity contribution in [3.8, 4) is 0 Å². The van der Waals surface area contributed by atoms with Crippen molar-refractivity contribution in [2.24, 2.45) is 0 Å². The van der Waals surface area contributed by atoms with Crippen LogP contribution in [0.15, 0.2) is 121 Å². The Hall–Kier alpha value is -4.81. The quantitative estimate of drug-likeness (QED) is 0.328. The Bertz CT molecular complexity index is 2320. The van der Waals surface area contributed by atoms with Gasteiger partial charge in [0.25, 0.3) is 0 Å². The fourth-order valence-corrected chi connectivity index (χ4v) is 9.03. The van der Waals surface area contributed by atoms with Crippen LogP contribution in [0.4, 0.5) is 0 Å². The molecule has 0 radical (unpaired) electrons. The highest BCUT2D eigenvalue weighted by atomic mass is 16.8. The van der Waals surface area contributed by atoms with Crippen molar-refractivity contribution in [3.05, 3.63) is 155 Å². The summed E-state index contributed by atoms with van der Waals surface area (Å²) < 4.78 is 43.0. The van der Waals surface area contributed by atoms with E-state index in [1.54, 1.807) is 0 Å². The van der Waals surface area contributed by atoms with Gasteiger partial charge in [0.05, 0.1) is 36.1 Å². The second kappa shape index (κ2) is 10.1. The first-order chi connectivity index (χ1) is 24.4. The van der Waals surface area contributed by atoms with Gasteiger partial charge in [-0.3, -0.25) is 0 Å². The second-order valence-corrected chi connectivity index (χ2v) is 14.2. The van der Waals surface area contributed by atoms with Gasteiger partial charge in [-0.1, -0.05) is 59.7 Å². The molecular formula is C38H34B2N4O6. The molecule has 0 unspecified atom stereocenters. The van der Waals surface area contributed by atoms with Gasteiger partial charge < -0.3 is 46.4 Å². The monoisotopic (exact) mass is 664 g/mol. The molecule has 248 valence electrons. The van der Waals surface area contributed by atoms with Crippen LogP contribution >= 0.6 is 0 Å². The van der Waals surface area contributed by atoms with Gasteiger partial charge in [0.1, 0.15) is 24.8 Å². The maximum atomic E-state index is 11.5.